The van der Waals surface area contributed by atoms with Crippen molar-refractivity contribution in [1.29, 1.82) is 0 Å². The van der Waals surface area contributed by atoms with Gasteiger partial charge in [0.05, 0.1) is 17.2 Å². The molecule has 4 nitrogen and oxygen atoms in total. The van der Waals surface area contributed by atoms with Crippen molar-refractivity contribution in [3.63, 3.8) is 0 Å². The third kappa shape index (κ3) is 3.93. The van der Waals surface area contributed by atoms with Crippen LogP contribution in [0.25, 0.3) is 11.0 Å². The maximum Gasteiger partial charge on any atom is 0.271 e. The molecular formula is C11H12Cl2IN3O. The van der Waals surface area contributed by atoms with Crippen molar-refractivity contribution in [1.82, 2.24) is 15.3 Å². The number of nitrogens with one attached hydrogen (secondary N) is 1. The van der Waals surface area contributed by atoms with E-state index in [2.05, 4.69) is 37.9 Å². The number of carbonyl (C=O) groups is 1. The summed E-state index contributed by atoms with van der Waals surface area (Å²) in [6.07, 6.45) is 1.50. The second kappa shape index (κ2) is 7.70. The molecule has 0 bridgehead atoms. The van der Waals surface area contributed by atoms with Gasteiger partial charge in [-0.2, -0.15) is 0 Å². The first kappa shape index (κ1) is 17.3. The Labute approximate surface area is 131 Å². The molecular weight excluding hydrogens is 388 g/mol. The third-order valence-corrected chi connectivity index (χ3v) is 2.75. The minimum absolute atomic E-state index is 0. The Morgan fingerprint density at radius 3 is 2.72 bits per heavy atom. The van der Waals surface area contributed by atoms with Gasteiger partial charge < -0.3 is 5.32 Å². The van der Waals surface area contributed by atoms with Gasteiger partial charge in [-0.25, -0.2) is 4.98 Å². The second-order valence-electron chi connectivity index (χ2n) is 3.25. The number of amides is 1. The van der Waals surface area contributed by atoms with E-state index in [1.165, 1.54) is 6.20 Å². The van der Waals surface area contributed by atoms with E-state index >= 15 is 0 Å². The Balaban J connectivity index is 0.00000144. The van der Waals surface area contributed by atoms with Crippen LogP contribution >= 0.6 is 47.4 Å². The molecule has 0 aliphatic rings. The largest absolute Gasteiger partial charge is 0.351 e. The fourth-order valence-electron chi connectivity index (χ4n) is 1.34. The summed E-state index contributed by atoms with van der Waals surface area (Å²) in [6.45, 7) is 2.46. The number of hydrogen-bond donors (Lipinski definition) is 1. The first-order valence-electron chi connectivity index (χ1n) is 4.91. The summed E-state index contributed by atoms with van der Waals surface area (Å²) < 4.78 is 1.10. The van der Waals surface area contributed by atoms with Crippen molar-refractivity contribution < 1.29 is 4.79 Å². The van der Waals surface area contributed by atoms with Crippen LogP contribution in [0.3, 0.4) is 0 Å². The van der Waals surface area contributed by atoms with E-state index in [9.17, 15) is 4.79 Å². The summed E-state index contributed by atoms with van der Waals surface area (Å²) in [5.74, 6) is -0.185. The fourth-order valence-corrected chi connectivity index (χ4v) is 1.82. The number of nitrogens with zero attached hydrogens (tertiary/aromatic N) is 2. The maximum absolute atomic E-state index is 11.5. The van der Waals surface area contributed by atoms with Crippen LogP contribution in [0.2, 0.25) is 0 Å². The number of carbonyl (C=O) groups excluding carboxylic acids is 1. The van der Waals surface area contributed by atoms with Crippen LogP contribution in [0.1, 0.15) is 17.4 Å². The first-order chi connectivity index (χ1) is 7.70. The first-order valence-corrected chi connectivity index (χ1v) is 5.99. The maximum atomic E-state index is 11.5. The summed E-state index contributed by atoms with van der Waals surface area (Å²) in [5.41, 5.74) is 1.90. The molecule has 0 saturated carbocycles. The average Bonchev–Trinajstić information content (AvgIpc) is 2.28. The molecule has 0 aliphatic carbocycles. The number of rotatable bonds is 2. The van der Waals surface area contributed by atoms with E-state index in [1.807, 2.05) is 25.1 Å². The SMILES string of the molecule is CCNC(=O)c1cnc2cc(I)ccc2n1.Cl.Cl. The Hall–Kier alpha value is -0.660. The second-order valence-corrected chi connectivity index (χ2v) is 4.49. The third-order valence-electron chi connectivity index (χ3n) is 2.07. The molecule has 1 aromatic heterocycles. The summed E-state index contributed by atoms with van der Waals surface area (Å²) >= 11 is 2.22. The van der Waals surface area contributed by atoms with Crippen LogP contribution in [0.15, 0.2) is 24.4 Å². The monoisotopic (exact) mass is 399 g/mol. The van der Waals surface area contributed by atoms with E-state index in [0.29, 0.717) is 12.2 Å². The molecule has 1 N–H and O–H groups in total. The van der Waals surface area contributed by atoms with Crippen molar-refractivity contribution in [2.45, 2.75) is 6.92 Å². The molecule has 2 rings (SSSR count). The van der Waals surface area contributed by atoms with Gasteiger partial charge in [0.25, 0.3) is 5.91 Å². The van der Waals surface area contributed by atoms with Crippen molar-refractivity contribution >= 4 is 64.3 Å². The highest BCUT2D eigenvalue weighted by atomic mass is 127. The lowest BCUT2D eigenvalue weighted by molar-refractivity contribution is 0.0951. The van der Waals surface area contributed by atoms with Crippen LogP contribution in [0.4, 0.5) is 0 Å². The van der Waals surface area contributed by atoms with Crippen molar-refractivity contribution in [3.8, 4) is 0 Å². The van der Waals surface area contributed by atoms with Crippen molar-refractivity contribution in [3.05, 3.63) is 33.7 Å². The van der Waals surface area contributed by atoms with Gasteiger partial charge in [0.1, 0.15) is 5.69 Å². The molecule has 0 fully saturated rings. The van der Waals surface area contributed by atoms with E-state index in [4.69, 9.17) is 0 Å². The summed E-state index contributed by atoms with van der Waals surface area (Å²) in [4.78, 5) is 20.0. The quantitative estimate of drug-likeness (QED) is 0.790. The van der Waals surface area contributed by atoms with Crippen LogP contribution in [-0.4, -0.2) is 22.4 Å². The molecule has 1 amide bonds. The van der Waals surface area contributed by atoms with Gasteiger partial charge in [0, 0.05) is 10.1 Å². The molecule has 2 aromatic rings. The smallest absolute Gasteiger partial charge is 0.271 e. The molecule has 1 aromatic carbocycles. The van der Waals surface area contributed by atoms with Gasteiger partial charge in [-0.05, 0) is 47.7 Å². The lowest BCUT2D eigenvalue weighted by atomic mass is 10.3. The zero-order valence-corrected chi connectivity index (χ0v) is 13.3. The predicted molar refractivity (Wildman–Crippen MR) is 84.8 cm³/mol. The van der Waals surface area contributed by atoms with E-state index < -0.39 is 0 Å². The van der Waals surface area contributed by atoms with E-state index in [0.717, 1.165) is 14.6 Å². The molecule has 18 heavy (non-hydrogen) atoms. The van der Waals surface area contributed by atoms with Crippen LogP contribution in [0, 0.1) is 3.57 Å². The van der Waals surface area contributed by atoms with Crippen molar-refractivity contribution in [2.24, 2.45) is 0 Å². The Bertz CT molecular complexity index is 551. The van der Waals surface area contributed by atoms with E-state index in [-0.39, 0.29) is 30.7 Å². The van der Waals surface area contributed by atoms with Gasteiger partial charge in [-0.1, -0.05) is 0 Å². The van der Waals surface area contributed by atoms with Crippen molar-refractivity contribution in [2.75, 3.05) is 6.54 Å². The molecule has 0 aliphatic heterocycles. The molecule has 0 unspecified atom stereocenters. The predicted octanol–water partition coefficient (Wildman–Crippen LogP) is 2.83. The number of fused-ring (bicyclic) bond motifs is 1. The molecule has 0 radical (unpaired) electrons. The summed E-state index contributed by atoms with van der Waals surface area (Å²) in [6, 6.07) is 5.75. The zero-order valence-electron chi connectivity index (χ0n) is 9.51. The zero-order chi connectivity index (χ0) is 11.5. The van der Waals surface area contributed by atoms with Crippen LogP contribution in [0.5, 0.6) is 0 Å². The molecule has 0 atom stereocenters. The highest BCUT2D eigenvalue weighted by molar-refractivity contribution is 14.1. The minimum atomic E-state index is -0.185. The van der Waals surface area contributed by atoms with Crippen LogP contribution in [-0.2, 0) is 0 Å². The van der Waals surface area contributed by atoms with Gasteiger partial charge in [-0.3, -0.25) is 9.78 Å². The van der Waals surface area contributed by atoms with E-state index in [1.54, 1.807) is 0 Å². The van der Waals surface area contributed by atoms with Gasteiger partial charge in [-0.15, -0.1) is 24.8 Å². The summed E-state index contributed by atoms with van der Waals surface area (Å²) in [7, 11) is 0. The van der Waals surface area contributed by atoms with Gasteiger partial charge >= 0.3 is 0 Å². The lowest BCUT2D eigenvalue weighted by Gasteiger charge is -2.02. The Morgan fingerprint density at radius 2 is 2.06 bits per heavy atom. The number of benzene rings is 1. The summed E-state index contributed by atoms with van der Waals surface area (Å²) in [5, 5.41) is 2.69. The highest BCUT2D eigenvalue weighted by Gasteiger charge is 2.07. The normalized spacial score (nSPS) is 9.22. The van der Waals surface area contributed by atoms with Gasteiger partial charge in [0.2, 0.25) is 0 Å². The number of hydrogen-bond acceptors (Lipinski definition) is 3. The Kier molecular flexibility index (Phi) is 7.42. The molecule has 98 valence electrons. The van der Waals surface area contributed by atoms with Crippen LogP contribution < -0.4 is 5.32 Å². The molecule has 0 spiro atoms. The highest BCUT2D eigenvalue weighted by Crippen LogP contribution is 2.13. The standard InChI is InChI=1S/C11H10IN3O.2ClH/c1-2-13-11(16)10-6-14-9-5-7(12)3-4-8(9)15-10;;/h3-6H,2H2,1H3,(H,13,16);2*1H. The van der Waals surface area contributed by atoms with Gasteiger partial charge in [0.15, 0.2) is 0 Å². The number of aromatic nitrogens is 2. The average molecular weight is 400 g/mol. The lowest BCUT2D eigenvalue weighted by Crippen LogP contribution is -2.23. The topological polar surface area (TPSA) is 54.9 Å². The minimum Gasteiger partial charge on any atom is -0.351 e. The molecule has 7 heteroatoms. The fraction of sp³-hybridized carbons (Fsp3) is 0.182. The Morgan fingerprint density at radius 1 is 1.33 bits per heavy atom. The molecule has 0 saturated heterocycles. The number of halogens is 3. The molecule has 1 heterocycles.